The van der Waals surface area contributed by atoms with Crippen LogP contribution in [-0.4, -0.2) is 25.7 Å². The fraction of sp³-hybridized carbons (Fsp3) is 0.292. The normalized spacial score (nSPS) is 18.2. The van der Waals surface area contributed by atoms with E-state index in [2.05, 4.69) is 30.4 Å². The Kier molecular flexibility index (Phi) is 5.76. The first-order valence-electron chi connectivity index (χ1n) is 9.89. The van der Waals surface area contributed by atoms with E-state index in [-0.39, 0.29) is 11.8 Å². The van der Waals surface area contributed by atoms with Gasteiger partial charge in [0.25, 0.3) is 0 Å². The Labute approximate surface area is 166 Å². The summed E-state index contributed by atoms with van der Waals surface area (Å²) in [6.45, 7) is 1.61. The lowest BCUT2D eigenvalue weighted by Crippen LogP contribution is -2.37. The molecule has 0 radical (unpaired) electrons. The van der Waals surface area contributed by atoms with Crippen molar-refractivity contribution >= 4 is 17.7 Å². The number of benzene rings is 2. The molecule has 2 aromatic carbocycles. The summed E-state index contributed by atoms with van der Waals surface area (Å²) in [5.74, 6) is 1.64. The van der Waals surface area contributed by atoms with Crippen molar-refractivity contribution in [2.45, 2.75) is 19.3 Å². The molecule has 4 nitrogen and oxygen atoms in total. The maximum atomic E-state index is 13.3. The topological polar surface area (TPSA) is 38.8 Å². The summed E-state index contributed by atoms with van der Waals surface area (Å²) in [7, 11) is 0. The van der Waals surface area contributed by atoms with Crippen LogP contribution < -0.4 is 14.4 Å². The second kappa shape index (κ2) is 8.79. The van der Waals surface area contributed by atoms with E-state index in [9.17, 15) is 4.79 Å². The van der Waals surface area contributed by atoms with Crippen LogP contribution in [-0.2, 0) is 4.79 Å². The lowest BCUT2D eigenvalue weighted by atomic mass is 9.93. The summed E-state index contributed by atoms with van der Waals surface area (Å²) >= 11 is 0. The molecule has 1 unspecified atom stereocenters. The van der Waals surface area contributed by atoms with Crippen LogP contribution in [0.2, 0.25) is 0 Å². The van der Waals surface area contributed by atoms with Gasteiger partial charge in [-0.05, 0) is 37.0 Å². The minimum absolute atomic E-state index is 0.0309. The zero-order chi connectivity index (χ0) is 19.2. The number of allylic oxidation sites excluding steroid dienone is 2. The molecule has 0 saturated carbocycles. The average Bonchev–Trinajstić information content (AvgIpc) is 2.77. The van der Waals surface area contributed by atoms with Gasteiger partial charge >= 0.3 is 0 Å². The summed E-state index contributed by atoms with van der Waals surface area (Å²) in [6, 6.07) is 15.9. The summed E-state index contributed by atoms with van der Waals surface area (Å²) < 4.78 is 11.3. The highest BCUT2D eigenvalue weighted by Gasteiger charge is 2.26. The van der Waals surface area contributed by atoms with Gasteiger partial charge < -0.3 is 14.4 Å². The highest BCUT2D eigenvalue weighted by Crippen LogP contribution is 2.35. The van der Waals surface area contributed by atoms with Gasteiger partial charge in [-0.25, -0.2) is 0 Å². The molecule has 1 aliphatic heterocycles. The van der Waals surface area contributed by atoms with E-state index in [1.165, 1.54) is 0 Å². The summed E-state index contributed by atoms with van der Waals surface area (Å²) in [4.78, 5) is 15.2. The molecular weight excluding hydrogens is 350 g/mol. The Morgan fingerprint density at radius 3 is 2.64 bits per heavy atom. The van der Waals surface area contributed by atoms with E-state index in [1.54, 1.807) is 0 Å². The van der Waals surface area contributed by atoms with Gasteiger partial charge in [-0.1, -0.05) is 54.6 Å². The fourth-order valence-electron chi connectivity index (χ4n) is 3.62. The van der Waals surface area contributed by atoms with Crippen LogP contribution in [0.15, 0.2) is 66.8 Å². The highest BCUT2D eigenvalue weighted by atomic mass is 16.6. The quantitative estimate of drug-likeness (QED) is 0.701. The number of rotatable bonds is 5. The summed E-state index contributed by atoms with van der Waals surface area (Å²) in [6.07, 6.45) is 11.1. The molecule has 0 spiro atoms. The molecule has 0 bridgehead atoms. The first kappa shape index (κ1) is 18.4. The van der Waals surface area contributed by atoms with Crippen molar-refractivity contribution < 1.29 is 14.3 Å². The van der Waals surface area contributed by atoms with Crippen molar-refractivity contribution in [3.05, 3.63) is 72.3 Å². The summed E-state index contributed by atoms with van der Waals surface area (Å²) in [5.41, 5.74) is 1.97. The molecule has 0 aromatic heterocycles. The lowest BCUT2D eigenvalue weighted by molar-refractivity contribution is -0.122. The lowest BCUT2D eigenvalue weighted by Gasteiger charge is -2.28. The zero-order valence-electron chi connectivity index (χ0n) is 15.9. The monoisotopic (exact) mass is 375 g/mol. The fourth-order valence-corrected chi connectivity index (χ4v) is 3.62. The van der Waals surface area contributed by atoms with Crippen molar-refractivity contribution in [1.29, 1.82) is 0 Å². The molecule has 2 aliphatic rings. The van der Waals surface area contributed by atoms with Crippen LogP contribution in [0.3, 0.4) is 0 Å². The minimum atomic E-state index is 0.0309. The van der Waals surface area contributed by atoms with Crippen molar-refractivity contribution in [3.8, 4) is 11.5 Å². The van der Waals surface area contributed by atoms with Crippen LogP contribution in [0.4, 0.5) is 5.69 Å². The molecule has 4 heteroatoms. The Bertz CT molecular complexity index is 873. The van der Waals surface area contributed by atoms with Crippen LogP contribution >= 0.6 is 0 Å². The molecule has 1 aliphatic carbocycles. The van der Waals surface area contributed by atoms with Gasteiger partial charge in [0.2, 0.25) is 5.91 Å². The number of hydrogen-bond donors (Lipinski definition) is 0. The van der Waals surface area contributed by atoms with Crippen molar-refractivity contribution in [3.63, 3.8) is 0 Å². The predicted octanol–water partition coefficient (Wildman–Crippen LogP) is 4.86. The molecule has 144 valence electrons. The minimum Gasteiger partial charge on any atom is -0.486 e. The first-order chi connectivity index (χ1) is 13.8. The van der Waals surface area contributed by atoms with Crippen LogP contribution in [0.25, 0.3) is 6.08 Å². The Morgan fingerprint density at radius 1 is 1.04 bits per heavy atom. The van der Waals surface area contributed by atoms with E-state index in [0.717, 1.165) is 36.3 Å². The predicted molar refractivity (Wildman–Crippen MR) is 112 cm³/mol. The largest absolute Gasteiger partial charge is 0.486 e. The molecule has 1 amide bonds. The van der Waals surface area contributed by atoms with E-state index < -0.39 is 0 Å². The number of carbonyl (C=O) groups is 1. The van der Waals surface area contributed by atoms with Gasteiger partial charge in [-0.3, -0.25) is 4.79 Å². The Balaban J connectivity index is 1.58. The molecule has 2 aromatic rings. The van der Waals surface area contributed by atoms with E-state index >= 15 is 0 Å². The van der Waals surface area contributed by atoms with Crippen molar-refractivity contribution in [2.24, 2.45) is 5.92 Å². The third-order valence-electron chi connectivity index (χ3n) is 5.12. The van der Waals surface area contributed by atoms with Gasteiger partial charge in [0.1, 0.15) is 13.2 Å². The molecule has 28 heavy (non-hydrogen) atoms. The number of fused-ring (bicyclic) bond motifs is 1. The molecular formula is C24H25NO3. The number of nitrogens with zero attached hydrogens (tertiary/aromatic N) is 1. The average molecular weight is 375 g/mol. The van der Waals surface area contributed by atoms with E-state index in [0.29, 0.717) is 25.5 Å². The standard InChI is InChI=1S/C24H25NO3/c26-24(20-11-5-2-6-12-20)25(15-7-10-19-8-3-1-4-9-19)21-13-14-22-23(18-21)28-17-16-27-22/h1-5,7-10,13-14,18,20H,6,11-12,15-17H2. The zero-order valence-corrected chi connectivity index (χ0v) is 15.9. The second-order valence-electron chi connectivity index (χ2n) is 7.07. The van der Waals surface area contributed by atoms with Crippen LogP contribution in [0, 0.1) is 5.92 Å². The molecule has 1 atom stereocenters. The number of hydrogen-bond acceptors (Lipinski definition) is 3. The molecule has 0 N–H and O–H groups in total. The van der Waals surface area contributed by atoms with E-state index in [4.69, 9.17) is 9.47 Å². The smallest absolute Gasteiger partial charge is 0.230 e. The highest BCUT2D eigenvalue weighted by molar-refractivity contribution is 5.96. The first-order valence-corrected chi connectivity index (χ1v) is 9.89. The van der Waals surface area contributed by atoms with Crippen molar-refractivity contribution in [2.75, 3.05) is 24.7 Å². The van der Waals surface area contributed by atoms with Gasteiger partial charge in [0, 0.05) is 24.2 Å². The molecule has 0 saturated heterocycles. The summed E-state index contributed by atoms with van der Waals surface area (Å²) in [5, 5.41) is 0. The maximum absolute atomic E-state index is 13.3. The van der Waals surface area contributed by atoms with Gasteiger partial charge in [0.05, 0.1) is 0 Å². The van der Waals surface area contributed by atoms with Gasteiger partial charge in [-0.2, -0.15) is 0 Å². The maximum Gasteiger partial charge on any atom is 0.230 e. The molecule has 0 fully saturated rings. The number of anilines is 1. The van der Waals surface area contributed by atoms with Gasteiger partial charge in [-0.15, -0.1) is 0 Å². The van der Waals surface area contributed by atoms with Crippen LogP contribution in [0.1, 0.15) is 24.8 Å². The van der Waals surface area contributed by atoms with Gasteiger partial charge in [0.15, 0.2) is 11.5 Å². The Hall–Kier alpha value is -3.01. The second-order valence-corrected chi connectivity index (χ2v) is 7.07. The molecule has 4 rings (SSSR count). The third kappa shape index (κ3) is 4.28. The Morgan fingerprint density at radius 2 is 1.86 bits per heavy atom. The third-order valence-corrected chi connectivity index (χ3v) is 5.12. The SMILES string of the molecule is O=C(C1CC=CCC1)N(CC=Cc1ccccc1)c1ccc2c(c1)OCCO2. The molecule has 1 heterocycles. The van der Waals surface area contributed by atoms with Crippen molar-refractivity contribution in [1.82, 2.24) is 0 Å². The number of amides is 1. The number of ether oxygens (including phenoxy) is 2. The number of carbonyl (C=O) groups excluding carboxylic acids is 1. The van der Waals surface area contributed by atoms with Crippen LogP contribution in [0.5, 0.6) is 11.5 Å². The van der Waals surface area contributed by atoms with E-state index in [1.807, 2.05) is 47.4 Å².